The number of amides is 1. The lowest BCUT2D eigenvalue weighted by Crippen LogP contribution is -2.16. The molecule has 0 aliphatic rings. The first-order valence-corrected chi connectivity index (χ1v) is 11.7. The largest absolute Gasteiger partial charge is 0.494 e. The van der Waals surface area contributed by atoms with Crippen LogP contribution in [0, 0.1) is 11.3 Å². The van der Waals surface area contributed by atoms with E-state index in [-0.39, 0.29) is 11.1 Å². The van der Waals surface area contributed by atoms with Crippen LogP contribution in [0.5, 0.6) is 5.75 Å². The van der Waals surface area contributed by atoms with Crippen LogP contribution in [0.2, 0.25) is 0 Å². The molecular weight excluding hydrogens is 400 g/mol. The fraction of sp³-hybridized carbons (Fsp3) is 0.444. The van der Waals surface area contributed by atoms with Crippen LogP contribution in [0.4, 0.5) is 5.69 Å². The van der Waals surface area contributed by atoms with Crippen molar-refractivity contribution in [2.45, 2.75) is 71.1 Å². The monoisotopic (exact) mass is 434 g/mol. The number of unbranched alkanes of at least 4 members (excludes halogenated alkanes) is 9. The molecular formula is C27H34N2O3. The number of benzene rings is 1. The predicted molar refractivity (Wildman–Crippen MR) is 129 cm³/mol. The summed E-state index contributed by atoms with van der Waals surface area (Å²) in [6, 6.07) is 14.6. The molecule has 0 spiro atoms. The zero-order valence-corrected chi connectivity index (χ0v) is 19.1. The number of nitriles is 1. The highest BCUT2D eigenvalue weighted by molar-refractivity contribution is 6.04. The molecule has 2 rings (SSSR count). The van der Waals surface area contributed by atoms with Crippen molar-refractivity contribution in [3.8, 4) is 11.8 Å². The second kappa shape index (κ2) is 14.8. The first-order valence-electron chi connectivity index (χ1n) is 11.7. The SMILES string of the molecule is CCCCCCCCCCCCOc1ccc(NC(=O)c2ccc(C#N)cc2)c(=O)cc1. The number of hydrogen-bond donors (Lipinski definition) is 1. The zero-order chi connectivity index (χ0) is 23.0. The first-order chi connectivity index (χ1) is 15.6. The quantitative estimate of drug-likeness (QED) is 0.346. The van der Waals surface area contributed by atoms with Gasteiger partial charge < -0.3 is 10.1 Å². The van der Waals surface area contributed by atoms with Gasteiger partial charge in [-0.25, -0.2) is 0 Å². The number of carbonyl (C=O) groups excluding carboxylic acids is 1. The van der Waals surface area contributed by atoms with E-state index in [2.05, 4.69) is 12.2 Å². The molecule has 0 aliphatic heterocycles. The summed E-state index contributed by atoms with van der Waals surface area (Å²) in [6.07, 6.45) is 12.7. The van der Waals surface area contributed by atoms with E-state index in [4.69, 9.17) is 10.00 Å². The maximum absolute atomic E-state index is 12.4. The molecule has 2 aromatic carbocycles. The molecule has 0 saturated heterocycles. The highest BCUT2D eigenvalue weighted by Gasteiger charge is 2.08. The molecule has 5 heteroatoms. The van der Waals surface area contributed by atoms with Crippen LogP contribution in [0.3, 0.4) is 0 Å². The minimum atomic E-state index is -0.398. The predicted octanol–water partition coefficient (Wildman–Crippen LogP) is 6.47. The van der Waals surface area contributed by atoms with Gasteiger partial charge in [-0.15, -0.1) is 0 Å². The van der Waals surface area contributed by atoms with Crippen molar-refractivity contribution in [1.29, 1.82) is 5.26 Å². The Labute approximate surface area is 191 Å². The van der Waals surface area contributed by atoms with E-state index in [0.29, 0.717) is 23.5 Å². The van der Waals surface area contributed by atoms with Crippen molar-refractivity contribution in [2.75, 3.05) is 11.9 Å². The second-order valence-electron chi connectivity index (χ2n) is 8.02. The van der Waals surface area contributed by atoms with Crippen molar-refractivity contribution >= 4 is 11.6 Å². The van der Waals surface area contributed by atoms with Crippen molar-refractivity contribution in [1.82, 2.24) is 0 Å². The molecule has 0 unspecified atom stereocenters. The van der Waals surface area contributed by atoms with E-state index >= 15 is 0 Å². The van der Waals surface area contributed by atoms with Gasteiger partial charge in [-0.2, -0.15) is 5.26 Å². The molecule has 170 valence electrons. The number of anilines is 1. The molecule has 0 atom stereocenters. The second-order valence-corrected chi connectivity index (χ2v) is 8.02. The third-order valence-corrected chi connectivity index (χ3v) is 5.37. The Kier molecular flexibility index (Phi) is 11.6. The molecule has 0 aliphatic carbocycles. The van der Waals surface area contributed by atoms with Crippen LogP contribution in [0.25, 0.3) is 0 Å². The van der Waals surface area contributed by atoms with E-state index < -0.39 is 5.91 Å². The molecule has 2 aromatic rings. The van der Waals surface area contributed by atoms with Gasteiger partial charge in [0, 0.05) is 5.56 Å². The summed E-state index contributed by atoms with van der Waals surface area (Å²) in [6.45, 7) is 2.86. The summed E-state index contributed by atoms with van der Waals surface area (Å²) >= 11 is 0. The standard InChI is InChI=1S/C27H34N2O3/c1-2-3-4-5-6-7-8-9-10-11-20-32-24-16-18-25(26(30)19-17-24)29-27(31)23-14-12-22(21-28)13-15-23/h12-19H,2-11,20H2,1H3,(H,29,30,31). The van der Waals surface area contributed by atoms with Crippen molar-refractivity contribution in [2.24, 2.45) is 0 Å². The summed E-state index contributed by atoms with van der Waals surface area (Å²) in [4.78, 5) is 24.7. The molecule has 0 aromatic heterocycles. The lowest BCUT2D eigenvalue weighted by atomic mass is 10.1. The summed E-state index contributed by atoms with van der Waals surface area (Å²) in [5.74, 6) is 0.211. The average Bonchev–Trinajstić information content (AvgIpc) is 2.99. The molecule has 0 fully saturated rings. The van der Waals surface area contributed by atoms with Gasteiger partial charge in [0.15, 0.2) is 0 Å². The number of nitrogens with one attached hydrogen (secondary N) is 1. The van der Waals surface area contributed by atoms with Crippen molar-refractivity contribution in [3.05, 3.63) is 69.9 Å². The summed E-state index contributed by atoms with van der Waals surface area (Å²) in [7, 11) is 0. The van der Waals surface area contributed by atoms with Crippen LogP contribution in [-0.4, -0.2) is 12.5 Å². The van der Waals surface area contributed by atoms with Gasteiger partial charge >= 0.3 is 0 Å². The smallest absolute Gasteiger partial charge is 0.255 e. The average molecular weight is 435 g/mol. The van der Waals surface area contributed by atoms with E-state index in [1.807, 2.05) is 6.07 Å². The van der Waals surface area contributed by atoms with E-state index in [1.54, 1.807) is 42.5 Å². The fourth-order valence-corrected chi connectivity index (χ4v) is 3.42. The lowest BCUT2D eigenvalue weighted by Gasteiger charge is -2.05. The normalized spacial score (nSPS) is 10.4. The molecule has 0 saturated carbocycles. The van der Waals surface area contributed by atoms with Crippen LogP contribution in [-0.2, 0) is 0 Å². The summed E-state index contributed by atoms with van der Waals surface area (Å²) in [5.41, 5.74) is 0.752. The Hall–Kier alpha value is -3.13. The van der Waals surface area contributed by atoms with Crippen LogP contribution in [0.15, 0.2) is 53.3 Å². The Balaban J connectivity index is 1.72. The van der Waals surface area contributed by atoms with Gasteiger partial charge in [0.2, 0.25) is 5.43 Å². The topological polar surface area (TPSA) is 79.2 Å². The first kappa shape index (κ1) is 25.1. The van der Waals surface area contributed by atoms with Gasteiger partial charge in [0.1, 0.15) is 5.75 Å². The highest BCUT2D eigenvalue weighted by atomic mass is 16.5. The summed E-state index contributed by atoms with van der Waals surface area (Å²) in [5, 5.41) is 11.5. The molecule has 0 bridgehead atoms. The highest BCUT2D eigenvalue weighted by Crippen LogP contribution is 2.14. The van der Waals surface area contributed by atoms with E-state index in [0.717, 1.165) is 12.8 Å². The number of nitrogens with zero attached hydrogens (tertiary/aromatic N) is 1. The maximum Gasteiger partial charge on any atom is 0.255 e. The number of rotatable bonds is 14. The Morgan fingerprint density at radius 1 is 0.844 bits per heavy atom. The maximum atomic E-state index is 12.4. The molecule has 5 nitrogen and oxygen atoms in total. The van der Waals surface area contributed by atoms with Crippen LogP contribution >= 0.6 is 0 Å². The number of carbonyl (C=O) groups is 1. The van der Waals surface area contributed by atoms with Gasteiger partial charge in [-0.3, -0.25) is 9.59 Å². The molecule has 0 radical (unpaired) electrons. The van der Waals surface area contributed by atoms with Gasteiger partial charge in [0.05, 0.1) is 23.9 Å². The van der Waals surface area contributed by atoms with E-state index in [1.165, 1.54) is 57.4 Å². The van der Waals surface area contributed by atoms with Crippen molar-refractivity contribution in [3.63, 3.8) is 0 Å². The van der Waals surface area contributed by atoms with Crippen molar-refractivity contribution < 1.29 is 9.53 Å². The third-order valence-electron chi connectivity index (χ3n) is 5.37. The minimum absolute atomic E-state index is 0.188. The Morgan fingerprint density at radius 3 is 2.06 bits per heavy atom. The summed E-state index contributed by atoms with van der Waals surface area (Å²) < 4.78 is 5.78. The zero-order valence-electron chi connectivity index (χ0n) is 19.1. The van der Waals surface area contributed by atoms with E-state index in [9.17, 15) is 9.59 Å². The minimum Gasteiger partial charge on any atom is -0.494 e. The molecule has 1 amide bonds. The molecule has 1 N–H and O–H groups in total. The Morgan fingerprint density at radius 2 is 1.44 bits per heavy atom. The fourth-order valence-electron chi connectivity index (χ4n) is 3.42. The van der Waals surface area contributed by atoms with Crippen LogP contribution in [0.1, 0.15) is 87.1 Å². The lowest BCUT2D eigenvalue weighted by molar-refractivity contribution is 0.102. The van der Waals surface area contributed by atoms with Gasteiger partial charge in [0.25, 0.3) is 5.91 Å². The van der Waals surface area contributed by atoms with Gasteiger partial charge in [-0.05, 0) is 55.0 Å². The third kappa shape index (κ3) is 9.34. The molecule has 0 heterocycles. The van der Waals surface area contributed by atoms with Crippen LogP contribution < -0.4 is 15.5 Å². The molecule has 32 heavy (non-hydrogen) atoms. The number of ether oxygens (including phenoxy) is 1. The van der Waals surface area contributed by atoms with Gasteiger partial charge in [-0.1, -0.05) is 64.7 Å². The Bertz CT molecular complexity index is 933. The number of hydrogen-bond acceptors (Lipinski definition) is 4.